The van der Waals surface area contributed by atoms with E-state index in [0.29, 0.717) is 49.5 Å². The van der Waals surface area contributed by atoms with E-state index in [1.165, 1.54) is 59.7 Å². The number of nitriles is 2. The summed E-state index contributed by atoms with van der Waals surface area (Å²) in [6.45, 7) is 19.0. The average molecular weight is 1700 g/mol. The monoisotopic (exact) mass is 1700 g/mol. The molecule has 0 saturated heterocycles. The molecule has 6 aromatic heterocycles. The third-order valence-corrected chi connectivity index (χ3v) is 31.3. The van der Waals surface area contributed by atoms with E-state index in [1.54, 1.807) is 76.5 Å². The van der Waals surface area contributed by atoms with Gasteiger partial charge in [0.15, 0.2) is 17.1 Å². The molecule has 117 heavy (non-hydrogen) atoms. The van der Waals surface area contributed by atoms with Crippen molar-refractivity contribution < 1.29 is 14.2 Å². The minimum atomic E-state index is -1.07. The van der Waals surface area contributed by atoms with Gasteiger partial charge in [-0.25, -0.2) is 14.7 Å². The van der Waals surface area contributed by atoms with Crippen LogP contribution in [0.4, 0.5) is 0 Å². The van der Waals surface area contributed by atoms with Gasteiger partial charge in [0.2, 0.25) is 0 Å². The van der Waals surface area contributed by atoms with E-state index >= 15 is 9.59 Å². The first-order chi connectivity index (χ1) is 57.1. The Labute approximate surface area is 720 Å². The van der Waals surface area contributed by atoms with Gasteiger partial charge in [0.25, 0.3) is 5.70 Å². The minimum absolute atomic E-state index is 0.195. The number of rotatable bonds is 26. The van der Waals surface area contributed by atoms with Crippen molar-refractivity contribution in [2.45, 2.75) is 174 Å². The van der Waals surface area contributed by atoms with Crippen LogP contribution in [-0.2, 0) is 36.5 Å². The number of thiophene rings is 4. The number of aromatic nitrogens is 4. The molecule has 18 rings (SSSR count). The molecule has 0 amide bonds. The Morgan fingerprint density at radius 1 is 0.444 bits per heavy atom. The molecule has 19 heteroatoms. The van der Waals surface area contributed by atoms with Gasteiger partial charge in [-0.05, 0) is 195 Å². The fourth-order valence-corrected chi connectivity index (χ4v) is 25.5. The average Bonchev–Trinajstić information content (AvgIpc) is 1.49. The predicted molar refractivity (Wildman–Crippen MR) is 488 cm³/mol. The second-order valence-electron chi connectivity index (χ2n) is 31.5. The Hall–Kier alpha value is -9.51. The van der Waals surface area contributed by atoms with Crippen LogP contribution in [0.15, 0.2) is 161 Å². The molecule has 4 aliphatic carbocycles. The highest BCUT2D eigenvalue weighted by Gasteiger charge is 2.54. The molecule has 0 saturated carbocycles. The summed E-state index contributed by atoms with van der Waals surface area (Å²) in [6.07, 6.45) is 25.7. The number of nitrogens with zero attached hydrogens (tertiary/aromatic N) is 7. The molecule has 0 atom stereocenters. The van der Waals surface area contributed by atoms with Crippen LogP contribution in [0.1, 0.15) is 246 Å². The maximum atomic E-state index is 15.1. The van der Waals surface area contributed by atoms with Crippen molar-refractivity contribution in [3.63, 3.8) is 0 Å². The number of carbonyl (C=O) groups is 2. The predicted octanol–water partition coefficient (Wildman–Crippen LogP) is 29.8. The van der Waals surface area contributed by atoms with Crippen molar-refractivity contribution in [1.29, 1.82) is 10.5 Å². The molecule has 0 N–H and O–H groups in total. The number of carbonyl (C=O) groups excluding carboxylic acids is 2. The van der Waals surface area contributed by atoms with Crippen LogP contribution in [0, 0.1) is 29.2 Å². The topological polar surface area (TPSA) is 151 Å². The van der Waals surface area contributed by atoms with Gasteiger partial charge in [-0.3, -0.25) is 9.59 Å². The van der Waals surface area contributed by atoms with Crippen LogP contribution in [0.2, 0.25) is 20.1 Å². The fraction of sp³-hybridized carbons (Fsp3) is 0.276. The second-order valence-corrected chi connectivity index (χ2v) is 37.8. The summed E-state index contributed by atoms with van der Waals surface area (Å²) in [5.74, 6) is -0.588. The Balaban J connectivity index is 0.957. The first-order valence-electron chi connectivity index (χ1n) is 40.7. The number of allylic oxidation sites excluding steroid dienone is 6. The smallest absolute Gasteiger partial charge is 0.270 e. The zero-order valence-electron chi connectivity index (χ0n) is 65.4. The number of benzene rings is 8. The SMILES string of the molecule is [C-]#[N+]C(C#N)=C1/C(=C/c2cc3c(s2)-c2sc4c5nonc5c5c6c7c(sc6c6nsnc6c5c4c2C3(c2ccc(CCCCCC)cc2)c2ccc(CCCCCC)cc2)-c2sc(/C=C3\C(=O)c4cc(Cl)c(Cl)cc4\C3=C(/C)C#N)cc2C7(c2ccc(CCCCCC)cc2)c2ccc(CCCCCC)cc2)C(=O)c2cc(Cl)c(Cl)cc21. The maximum Gasteiger partial charge on any atom is 0.270 e. The van der Waals surface area contributed by atoms with Crippen molar-refractivity contribution in [2.75, 3.05) is 0 Å². The fourth-order valence-electron chi connectivity index (χ4n) is 18.9. The summed E-state index contributed by atoms with van der Waals surface area (Å²) in [7, 11) is 0. The number of unbranched alkanes of at least 4 members (excludes halogenated alkanes) is 12. The molecule has 8 aromatic carbocycles. The van der Waals surface area contributed by atoms with Gasteiger partial charge in [-0.2, -0.15) is 14.0 Å². The van der Waals surface area contributed by atoms with Gasteiger partial charge >= 0.3 is 0 Å². The van der Waals surface area contributed by atoms with Crippen molar-refractivity contribution in [3.8, 4) is 31.6 Å². The summed E-state index contributed by atoms with van der Waals surface area (Å²) in [5.41, 5.74) is 17.3. The lowest BCUT2D eigenvalue weighted by atomic mass is 9.66. The minimum Gasteiger partial charge on any atom is -0.289 e. The Morgan fingerprint density at radius 3 is 1.21 bits per heavy atom. The van der Waals surface area contributed by atoms with Crippen molar-refractivity contribution in [1.82, 2.24) is 19.1 Å². The summed E-state index contributed by atoms with van der Waals surface area (Å²) in [6, 6.07) is 52.9. The molecule has 6 heterocycles. The lowest BCUT2D eigenvalue weighted by molar-refractivity contribution is 0.103. The van der Waals surface area contributed by atoms with E-state index in [0.717, 1.165) is 218 Å². The Bertz CT molecular complexity index is 6590. The molecule has 0 fully saturated rings. The van der Waals surface area contributed by atoms with Gasteiger partial charge in [-0.1, -0.05) is 248 Å². The quantitative estimate of drug-likeness (QED) is 0.0223. The first kappa shape index (κ1) is 78.7. The van der Waals surface area contributed by atoms with Crippen molar-refractivity contribution >= 4 is 191 Å². The van der Waals surface area contributed by atoms with Crippen LogP contribution in [0.25, 0.3) is 101 Å². The zero-order valence-corrected chi connectivity index (χ0v) is 72.5. The van der Waals surface area contributed by atoms with Crippen molar-refractivity contribution in [2.24, 2.45) is 0 Å². The Kier molecular flexibility index (Phi) is 21.7. The molecule has 4 aliphatic rings. The molecule has 0 radical (unpaired) electrons. The molecular weight excluding hydrogens is 1630 g/mol. The molecular formula is C98H79Cl4N7O3S5. The van der Waals surface area contributed by atoms with Crippen LogP contribution in [0.5, 0.6) is 0 Å². The molecule has 0 bridgehead atoms. The Morgan fingerprint density at radius 2 is 0.812 bits per heavy atom. The van der Waals surface area contributed by atoms with E-state index in [9.17, 15) is 10.5 Å². The second kappa shape index (κ2) is 32.3. The summed E-state index contributed by atoms with van der Waals surface area (Å²) >= 11 is 34.7. The van der Waals surface area contributed by atoms with Crippen LogP contribution < -0.4 is 0 Å². The lowest BCUT2D eigenvalue weighted by Crippen LogP contribution is -2.28. The number of ketones is 2. The molecule has 582 valence electrons. The van der Waals surface area contributed by atoms with Crippen LogP contribution in [0.3, 0.4) is 0 Å². The van der Waals surface area contributed by atoms with E-state index in [4.69, 9.17) is 76.7 Å². The van der Waals surface area contributed by atoms with Gasteiger partial charge in [0.05, 0.1) is 90.3 Å². The van der Waals surface area contributed by atoms with Crippen molar-refractivity contribution in [3.05, 3.63) is 286 Å². The molecule has 0 spiro atoms. The van der Waals surface area contributed by atoms with E-state index in [-0.39, 0.29) is 49.0 Å². The number of hydrogen-bond donors (Lipinski definition) is 0. The normalized spacial score (nSPS) is 15.8. The van der Waals surface area contributed by atoms with Crippen LogP contribution in [-0.4, -0.2) is 30.6 Å². The van der Waals surface area contributed by atoms with Crippen LogP contribution >= 0.6 is 103 Å². The van der Waals surface area contributed by atoms with E-state index in [2.05, 4.69) is 154 Å². The third kappa shape index (κ3) is 12.9. The lowest BCUT2D eigenvalue weighted by Gasteiger charge is -2.34. The zero-order chi connectivity index (χ0) is 80.7. The van der Waals surface area contributed by atoms with Gasteiger partial charge < -0.3 is 0 Å². The third-order valence-electron chi connectivity index (χ3n) is 24.5. The molecule has 0 aliphatic heterocycles. The first-order valence-corrected chi connectivity index (χ1v) is 46.2. The summed E-state index contributed by atoms with van der Waals surface area (Å²) < 4.78 is 19.1. The summed E-state index contributed by atoms with van der Waals surface area (Å²) in [4.78, 5) is 39.6. The molecule has 14 aromatic rings. The van der Waals surface area contributed by atoms with E-state index < -0.39 is 10.8 Å². The number of halogens is 4. The van der Waals surface area contributed by atoms with Gasteiger partial charge in [0.1, 0.15) is 16.6 Å². The highest BCUT2D eigenvalue weighted by molar-refractivity contribution is 7.29. The van der Waals surface area contributed by atoms with Gasteiger partial charge in [0, 0.05) is 70.3 Å². The number of Topliss-reactive ketones (excluding diaryl/α,β-unsaturated/α-hetero) is 2. The highest BCUT2D eigenvalue weighted by atomic mass is 35.5. The molecule has 0 unspecified atom stereocenters. The van der Waals surface area contributed by atoms with Gasteiger partial charge in [-0.15, -0.1) is 45.3 Å². The largest absolute Gasteiger partial charge is 0.289 e. The highest BCUT2D eigenvalue weighted by Crippen LogP contribution is 2.69. The number of hydrogen-bond acceptors (Lipinski definition) is 14. The maximum absolute atomic E-state index is 15.1. The summed E-state index contributed by atoms with van der Waals surface area (Å²) in [5, 5.41) is 36.2. The van der Waals surface area contributed by atoms with E-state index in [1.807, 2.05) is 12.2 Å². The number of aryl methyl sites for hydroxylation is 4. The molecule has 10 nitrogen and oxygen atoms in total. The standard InChI is InChI=1S/C98H79Cl4N7O3S5/c1-7-11-15-19-23-54-27-35-58(36-28-54)97(59-37-29-55(30-38-59)24-20-16-12-8-2)70-45-62(43-68-77(53(5)51-103)64-47-72(99)74(101)49-66(64)89(68)110)113-92(70)96-83(97)81-79-80(86-88(94(81)116-96)109-117-108-86)82-84-95(115-93(82)87-85(79)106-112-107-87)91-71(46-63(114-91)44-69-78(76(52-104)105-6)65-48-73(100)75(102)50-67(65)90(69)111)98(84,60-39-31-56(32-40-60)25-21-17-13-9-3)61-41-33-57(34-42-61)26-22-18-14-10-4/h27-50H,7-26H2,1-5H3/b68-43-,69-44-,77-53-,78-76?. The number of fused-ring (bicyclic) bond motifs is 21.